The quantitative estimate of drug-likeness (QED) is 0.874. The summed E-state index contributed by atoms with van der Waals surface area (Å²) in [5.74, 6) is 0.0421. The Morgan fingerprint density at radius 2 is 2.08 bits per heavy atom. The van der Waals surface area contributed by atoms with Gasteiger partial charge in [-0.1, -0.05) is 23.7 Å². The first kappa shape index (κ1) is 18.2. The van der Waals surface area contributed by atoms with E-state index in [0.717, 1.165) is 12.0 Å². The van der Waals surface area contributed by atoms with Gasteiger partial charge in [0.2, 0.25) is 11.8 Å². The third kappa shape index (κ3) is 4.14. The molecule has 1 aromatic carbocycles. The molecule has 136 valence electrons. The predicted molar refractivity (Wildman–Crippen MR) is 98.1 cm³/mol. The van der Waals surface area contributed by atoms with Crippen molar-refractivity contribution in [2.45, 2.75) is 25.4 Å². The number of aromatic nitrogens is 1. The van der Waals surface area contributed by atoms with E-state index in [2.05, 4.69) is 10.3 Å². The molecular formula is C19H20ClN3O3. The number of rotatable bonds is 5. The van der Waals surface area contributed by atoms with Crippen LogP contribution in [0.5, 0.6) is 5.88 Å². The Balaban J connectivity index is 1.65. The first-order valence-corrected chi connectivity index (χ1v) is 8.79. The molecule has 1 aliphatic heterocycles. The summed E-state index contributed by atoms with van der Waals surface area (Å²) in [4.78, 5) is 31.0. The van der Waals surface area contributed by atoms with Crippen LogP contribution in [0.15, 0.2) is 42.6 Å². The average Bonchev–Trinajstić information content (AvgIpc) is 3.16. The summed E-state index contributed by atoms with van der Waals surface area (Å²) in [7, 11) is 1.50. The first-order chi connectivity index (χ1) is 12.6. The smallest absolute Gasteiger partial charge is 0.254 e. The molecule has 26 heavy (non-hydrogen) atoms. The largest absolute Gasteiger partial charge is 0.481 e. The standard InChI is InChI=1S/C19H20ClN3O3/c1-26-17-11-14(8-9-21-17)19(25)23-10-2-3-16(23)18(24)22-12-13-4-6-15(20)7-5-13/h4-9,11,16H,2-3,10,12H2,1H3,(H,22,24). The van der Waals surface area contributed by atoms with Gasteiger partial charge in [0.1, 0.15) is 6.04 Å². The predicted octanol–water partition coefficient (Wildman–Crippen LogP) is 2.66. The van der Waals surface area contributed by atoms with Crippen molar-refractivity contribution in [2.75, 3.05) is 13.7 Å². The molecule has 1 saturated heterocycles. The van der Waals surface area contributed by atoms with E-state index < -0.39 is 6.04 Å². The molecule has 2 heterocycles. The lowest BCUT2D eigenvalue weighted by Crippen LogP contribution is -2.45. The lowest BCUT2D eigenvalue weighted by molar-refractivity contribution is -0.125. The highest BCUT2D eigenvalue weighted by atomic mass is 35.5. The summed E-state index contributed by atoms with van der Waals surface area (Å²) in [5.41, 5.74) is 1.42. The fraction of sp³-hybridized carbons (Fsp3) is 0.316. The molecule has 7 heteroatoms. The Bertz CT molecular complexity index is 795. The number of nitrogens with zero attached hydrogens (tertiary/aromatic N) is 2. The molecule has 2 aromatic rings. The fourth-order valence-corrected chi connectivity index (χ4v) is 3.14. The molecule has 0 spiro atoms. The molecule has 2 amide bonds. The molecule has 1 N–H and O–H groups in total. The first-order valence-electron chi connectivity index (χ1n) is 8.41. The molecule has 6 nitrogen and oxygen atoms in total. The van der Waals surface area contributed by atoms with E-state index in [1.807, 2.05) is 12.1 Å². The van der Waals surface area contributed by atoms with E-state index >= 15 is 0 Å². The van der Waals surface area contributed by atoms with E-state index in [1.54, 1.807) is 29.2 Å². The van der Waals surface area contributed by atoms with E-state index in [-0.39, 0.29) is 11.8 Å². The molecule has 0 bridgehead atoms. The molecule has 0 radical (unpaired) electrons. The normalized spacial score (nSPS) is 16.4. The minimum atomic E-state index is -0.464. The summed E-state index contributed by atoms with van der Waals surface area (Å²) in [6, 6.07) is 10.0. The van der Waals surface area contributed by atoms with E-state index in [0.29, 0.717) is 36.0 Å². The topological polar surface area (TPSA) is 71.5 Å². The van der Waals surface area contributed by atoms with Crippen molar-refractivity contribution >= 4 is 23.4 Å². The highest BCUT2D eigenvalue weighted by Gasteiger charge is 2.34. The SMILES string of the molecule is COc1cc(C(=O)N2CCCC2C(=O)NCc2ccc(Cl)cc2)ccn1. The number of hydrogen-bond donors (Lipinski definition) is 1. The van der Waals surface area contributed by atoms with Crippen LogP contribution < -0.4 is 10.1 Å². The number of carbonyl (C=O) groups is 2. The zero-order chi connectivity index (χ0) is 18.5. The third-order valence-corrected chi connectivity index (χ3v) is 4.64. The summed E-state index contributed by atoms with van der Waals surface area (Å²) >= 11 is 5.87. The second kappa shape index (κ2) is 8.19. The summed E-state index contributed by atoms with van der Waals surface area (Å²) in [6.07, 6.45) is 2.98. The Morgan fingerprint density at radius 3 is 2.81 bits per heavy atom. The maximum atomic E-state index is 12.8. The van der Waals surface area contributed by atoms with Gasteiger partial charge in [0.15, 0.2) is 0 Å². The van der Waals surface area contributed by atoms with Gasteiger partial charge in [-0.2, -0.15) is 0 Å². The molecule has 0 saturated carbocycles. The van der Waals surface area contributed by atoms with E-state index in [9.17, 15) is 9.59 Å². The van der Waals surface area contributed by atoms with Gasteiger partial charge in [0.25, 0.3) is 5.91 Å². The third-order valence-electron chi connectivity index (χ3n) is 4.39. The highest BCUT2D eigenvalue weighted by molar-refractivity contribution is 6.30. The monoisotopic (exact) mass is 373 g/mol. The number of hydrogen-bond acceptors (Lipinski definition) is 4. The number of halogens is 1. The van der Waals surface area contributed by atoms with Crippen molar-refractivity contribution in [1.82, 2.24) is 15.2 Å². The van der Waals surface area contributed by atoms with Crippen molar-refractivity contribution in [1.29, 1.82) is 0 Å². The van der Waals surface area contributed by atoms with Crippen LogP contribution in [-0.2, 0) is 11.3 Å². The van der Waals surface area contributed by atoms with Crippen molar-refractivity contribution in [2.24, 2.45) is 0 Å². The van der Waals surface area contributed by atoms with Crippen LogP contribution in [0.4, 0.5) is 0 Å². The van der Waals surface area contributed by atoms with Gasteiger partial charge >= 0.3 is 0 Å². The molecule has 1 aromatic heterocycles. The highest BCUT2D eigenvalue weighted by Crippen LogP contribution is 2.21. The molecule has 1 aliphatic rings. The summed E-state index contributed by atoms with van der Waals surface area (Å²) in [6.45, 7) is 0.958. The lowest BCUT2D eigenvalue weighted by atomic mass is 10.1. The van der Waals surface area contributed by atoms with Gasteiger partial charge in [-0.15, -0.1) is 0 Å². The van der Waals surface area contributed by atoms with Crippen LogP contribution in [0.25, 0.3) is 0 Å². The number of ether oxygens (including phenoxy) is 1. The zero-order valence-corrected chi connectivity index (χ0v) is 15.2. The van der Waals surface area contributed by atoms with Crippen molar-refractivity contribution in [3.05, 3.63) is 58.7 Å². The second-order valence-electron chi connectivity index (χ2n) is 6.09. The minimum absolute atomic E-state index is 0.146. The average molecular weight is 374 g/mol. The number of amides is 2. The van der Waals surface area contributed by atoms with Gasteiger partial charge in [0, 0.05) is 35.9 Å². The Labute approximate surface area is 157 Å². The number of benzene rings is 1. The molecule has 3 rings (SSSR count). The molecule has 1 unspecified atom stereocenters. The van der Waals surface area contributed by atoms with Crippen LogP contribution in [0.3, 0.4) is 0 Å². The summed E-state index contributed by atoms with van der Waals surface area (Å²) < 4.78 is 5.07. The van der Waals surface area contributed by atoms with Gasteiger partial charge in [-0.05, 0) is 36.6 Å². The molecular weight excluding hydrogens is 354 g/mol. The minimum Gasteiger partial charge on any atom is -0.481 e. The van der Waals surface area contributed by atoms with Crippen molar-refractivity contribution in [3.8, 4) is 5.88 Å². The lowest BCUT2D eigenvalue weighted by Gasteiger charge is -2.24. The van der Waals surface area contributed by atoms with Crippen LogP contribution in [0, 0.1) is 0 Å². The van der Waals surface area contributed by atoms with Gasteiger partial charge in [-0.3, -0.25) is 9.59 Å². The Morgan fingerprint density at radius 1 is 1.31 bits per heavy atom. The van der Waals surface area contributed by atoms with Crippen molar-refractivity contribution < 1.29 is 14.3 Å². The van der Waals surface area contributed by atoms with Crippen LogP contribution in [0.1, 0.15) is 28.8 Å². The van der Waals surface area contributed by atoms with Gasteiger partial charge in [-0.25, -0.2) is 4.98 Å². The number of pyridine rings is 1. The van der Waals surface area contributed by atoms with E-state index in [1.165, 1.54) is 13.3 Å². The van der Waals surface area contributed by atoms with Crippen LogP contribution >= 0.6 is 11.6 Å². The fourth-order valence-electron chi connectivity index (χ4n) is 3.01. The maximum Gasteiger partial charge on any atom is 0.254 e. The van der Waals surface area contributed by atoms with Gasteiger partial charge in [0.05, 0.1) is 7.11 Å². The maximum absolute atomic E-state index is 12.8. The number of nitrogens with one attached hydrogen (secondary N) is 1. The summed E-state index contributed by atoms with van der Waals surface area (Å²) in [5, 5.41) is 3.56. The molecule has 1 fully saturated rings. The van der Waals surface area contributed by atoms with Crippen molar-refractivity contribution in [3.63, 3.8) is 0 Å². The Hall–Kier alpha value is -2.60. The van der Waals surface area contributed by atoms with Gasteiger partial charge < -0.3 is 15.0 Å². The van der Waals surface area contributed by atoms with E-state index in [4.69, 9.17) is 16.3 Å². The molecule has 1 atom stereocenters. The number of carbonyl (C=O) groups excluding carboxylic acids is 2. The Kier molecular flexibility index (Phi) is 5.73. The van der Waals surface area contributed by atoms with Crippen LogP contribution in [-0.4, -0.2) is 41.4 Å². The number of likely N-dealkylation sites (tertiary alicyclic amines) is 1. The van der Waals surface area contributed by atoms with Crippen LogP contribution in [0.2, 0.25) is 5.02 Å². The zero-order valence-electron chi connectivity index (χ0n) is 14.4. The number of methoxy groups -OCH3 is 1. The second-order valence-corrected chi connectivity index (χ2v) is 6.52. The molecule has 0 aliphatic carbocycles.